The number of methoxy groups -OCH3 is 1. The molecule has 0 fully saturated rings. The van der Waals surface area contributed by atoms with E-state index in [1.165, 1.54) is 7.11 Å². The number of aliphatic hydroxyl groups is 1. The molecule has 0 aromatic rings. The number of hydrogen-bond donors (Lipinski definition) is 1. The predicted molar refractivity (Wildman–Crippen MR) is 58.1 cm³/mol. The van der Waals surface area contributed by atoms with Gasteiger partial charge in [0.05, 0.1) is 19.3 Å². The van der Waals surface area contributed by atoms with Crippen molar-refractivity contribution in [1.29, 1.82) is 0 Å². The van der Waals surface area contributed by atoms with Gasteiger partial charge in [-0.25, -0.2) is 0 Å². The Kier molecular flexibility index (Phi) is 2.89. The number of aliphatic hydroxyl groups excluding tert-OH is 1. The van der Waals surface area contributed by atoms with Crippen LogP contribution in [0.15, 0.2) is 23.0 Å². The van der Waals surface area contributed by atoms with E-state index in [9.17, 15) is 14.7 Å². The fourth-order valence-corrected chi connectivity index (χ4v) is 2.21. The molecule has 2 aliphatic rings. The Morgan fingerprint density at radius 3 is 2.53 bits per heavy atom. The van der Waals surface area contributed by atoms with Crippen LogP contribution in [0.25, 0.3) is 0 Å². The highest BCUT2D eigenvalue weighted by atomic mass is 16.5. The second kappa shape index (κ2) is 4.09. The minimum atomic E-state index is -1.09. The van der Waals surface area contributed by atoms with Crippen molar-refractivity contribution in [1.82, 2.24) is 0 Å². The maximum atomic E-state index is 12.0. The van der Waals surface area contributed by atoms with Crippen molar-refractivity contribution < 1.29 is 24.2 Å². The topological polar surface area (TPSA) is 72.8 Å². The molecule has 0 unspecified atom stereocenters. The zero-order chi connectivity index (χ0) is 12.7. The normalized spacial score (nSPS) is 33.4. The average molecular weight is 238 g/mol. The van der Waals surface area contributed by atoms with Crippen LogP contribution in [0.5, 0.6) is 0 Å². The standard InChI is InChI=1S/C12H14O5/c1-5-9-7(13)4-8(16-3)12(15)10(9)11(14)6(2)17-5/h4-6,11,14H,1-3H3/t5-,6-,11-/m1/s1. The molecule has 5 nitrogen and oxygen atoms in total. The number of ether oxygens (including phenoxy) is 2. The first-order valence-electron chi connectivity index (χ1n) is 5.39. The lowest BCUT2D eigenvalue weighted by molar-refractivity contribution is -0.125. The minimum absolute atomic E-state index is 0.0332. The molecular formula is C12H14O5. The largest absolute Gasteiger partial charge is 0.493 e. The average Bonchev–Trinajstić information content (AvgIpc) is 2.28. The molecule has 1 heterocycles. The first-order valence-corrected chi connectivity index (χ1v) is 5.39. The Labute approximate surface area is 98.7 Å². The van der Waals surface area contributed by atoms with Crippen LogP contribution in [0.1, 0.15) is 13.8 Å². The van der Waals surface area contributed by atoms with Gasteiger partial charge in [0.2, 0.25) is 5.78 Å². The smallest absolute Gasteiger partial charge is 0.226 e. The Hall–Kier alpha value is -1.46. The number of allylic oxidation sites excluding steroid dienone is 2. The predicted octanol–water partition coefficient (Wildman–Crippen LogP) is 0.133. The van der Waals surface area contributed by atoms with Crippen molar-refractivity contribution >= 4 is 11.6 Å². The molecule has 0 aromatic heterocycles. The van der Waals surface area contributed by atoms with Crippen molar-refractivity contribution in [3.63, 3.8) is 0 Å². The van der Waals surface area contributed by atoms with Crippen molar-refractivity contribution in [2.24, 2.45) is 0 Å². The van der Waals surface area contributed by atoms with Gasteiger partial charge >= 0.3 is 0 Å². The van der Waals surface area contributed by atoms with Gasteiger partial charge in [0.25, 0.3) is 0 Å². The molecule has 1 aliphatic carbocycles. The van der Waals surface area contributed by atoms with Gasteiger partial charge in [-0.2, -0.15) is 0 Å². The molecule has 0 saturated heterocycles. The van der Waals surface area contributed by atoms with E-state index < -0.39 is 24.1 Å². The summed E-state index contributed by atoms with van der Waals surface area (Å²) in [7, 11) is 1.32. The first kappa shape index (κ1) is 12.0. The molecule has 0 aromatic carbocycles. The van der Waals surface area contributed by atoms with Crippen LogP contribution in [0.4, 0.5) is 0 Å². The van der Waals surface area contributed by atoms with E-state index in [0.29, 0.717) is 0 Å². The third kappa shape index (κ3) is 1.71. The number of carbonyl (C=O) groups excluding carboxylic acids is 2. The number of carbonyl (C=O) groups is 2. The van der Waals surface area contributed by atoms with Crippen LogP contribution in [0.3, 0.4) is 0 Å². The summed E-state index contributed by atoms with van der Waals surface area (Å²) in [6, 6.07) is 0. The molecule has 0 bridgehead atoms. The quantitative estimate of drug-likeness (QED) is 0.657. The number of Topliss-reactive ketones (excluding diaryl/α,β-unsaturated/α-hetero) is 1. The molecule has 3 atom stereocenters. The van der Waals surface area contributed by atoms with Gasteiger partial charge in [-0.15, -0.1) is 0 Å². The second-order valence-electron chi connectivity index (χ2n) is 4.16. The van der Waals surface area contributed by atoms with Crippen LogP contribution in [0.2, 0.25) is 0 Å². The van der Waals surface area contributed by atoms with Gasteiger partial charge < -0.3 is 14.6 Å². The third-order valence-electron chi connectivity index (χ3n) is 3.07. The summed E-state index contributed by atoms with van der Waals surface area (Å²) in [5, 5.41) is 9.95. The summed E-state index contributed by atoms with van der Waals surface area (Å²) in [6.45, 7) is 3.35. The maximum Gasteiger partial charge on any atom is 0.226 e. The molecule has 92 valence electrons. The van der Waals surface area contributed by atoms with Crippen LogP contribution >= 0.6 is 0 Å². The van der Waals surface area contributed by atoms with E-state index in [-0.39, 0.29) is 22.7 Å². The summed E-state index contributed by atoms with van der Waals surface area (Å²) in [6.07, 6.45) is -0.952. The summed E-state index contributed by atoms with van der Waals surface area (Å²) in [5.74, 6) is -0.805. The number of rotatable bonds is 1. The summed E-state index contributed by atoms with van der Waals surface area (Å²) in [5.41, 5.74) is 0.349. The Balaban J connectivity index is 2.53. The molecule has 0 saturated carbocycles. The van der Waals surface area contributed by atoms with Crippen molar-refractivity contribution in [2.75, 3.05) is 7.11 Å². The summed E-state index contributed by atoms with van der Waals surface area (Å²) >= 11 is 0. The molecule has 1 N–H and O–H groups in total. The van der Waals surface area contributed by atoms with Gasteiger partial charge in [0, 0.05) is 17.2 Å². The SMILES string of the molecule is COC1=CC(=O)C2=C(C1=O)[C@H](O)[C@@H](C)O[C@@H]2C. The van der Waals surface area contributed by atoms with E-state index >= 15 is 0 Å². The highest BCUT2D eigenvalue weighted by Gasteiger charge is 2.42. The maximum absolute atomic E-state index is 12.0. The number of hydrogen-bond acceptors (Lipinski definition) is 5. The molecule has 1 aliphatic heterocycles. The van der Waals surface area contributed by atoms with Gasteiger partial charge in [-0.05, 0) is 13.8 Å². The van der Waals surface area contributed by atoms with E-state index in [1.54, 1.807) is 13.8 Å². The molecular weight excluding hydrogens is 224 g/mol. The highest BCUT2D eigenvalue weighted by molar-refractivity contribution is 6.22. The van der Waals surface area contributed by atoms with Crippen molar-refractivity contribution in [2.45, 2.75) is 32.2 Å². The lowest BCUT2D eigenvalue weighted by Gasteiger charge is -2.34. The molecule has 5 heteroatoms. The highest BCUT2D eigenvalue weighted by Crippen LogP contribution is 2.32. The van der Waals surface area contributed by atoms with Crippen LogP contribution in [0, 0.1) is 0 Å². The van der Waals surface area contributed by atoms with Crippen LogP contribution in [-0.2, 0) is 19.1 Å². The Bertz CT molecular complexity index is 446. The van der Waals surface area contributed by atoms with E-state index in [0.717, 1.165) is 6.08 Å². The zero-order valence-electron chi connectivity index (χ0n) is 9.89. The molecule has 0 spiro atoms. The molecule has 2 rings (SSSR count). The van der Waals surface area contributed by atoms with E-state index in [2.05, 4.69) is 0 Å². The minimum Gasteiger partial charge on any atom is -0.493 e. The van der Waals surface area contributed by atoms with Gasteiger partial charge in [-0.3, -0.25) is 9.59 Å². The van der Waals surface area contributed by atoms with Gasteiger partial charge in [0.15, 0.2) is 11.5 Å². The lowest BCUT2D eigenvalue weighted by atomic mass is 9.83. The van der Waals surface area contributed by atoms with Crippen LogP contribution in [-0.4, -0.2) is 42.1 Å². The summed E-state index contributed by atoms with van der Waals surface area (Å²) in [4.78, 5) is 23.9. The zero-order valence-corrected chi connectivity index (χ0v) is 9.89. The number of ketones is 2. The second-order valence-corrected chi connectivity index (χ2v) is 4.16. The van der Waals surface area contributed by atoms with Crippen molar-refractivity contribution in [3.8, 4) is 0 Å². The van der Waals surface area contributed by atoms with Gasteiger partial charge in [-0.1, -0.05) is 0 Å². The molecule has 0 radical (unpaired) electrons. The fraction of sp³-hybridized carbons (Fsp3) is 0.500. The summed E-state index contributed by atoms with van der Waals surface area (Å²) < 4.78 is 10.3. The van der Waals surface area contributed by atoms with E-state index in [4.69, 9.17) is 9.47 Å². The Morgan fingerprint density at radius 2 is 1.94 bits per heavy atom. The molecule has 0 amide bonds. The lowest BCUT2D eigenvalue weighted by Crippen LogP contribution is -2.44. The fourth-order valence-electron chi connectivity index (χ4n) is 2.21. The Morgan fingerprint density at radius 1 is 1.29 bits per heavy atom. The third-order valence-corrected chi connectivity index (χ3v) is 3.07. The van der Waals surface area contributed by atoms with Gasteiger partial charge in [0.1, 0.15) is 6.10 Å². The molecule has 17 heavy (non-hydrogen) atoms. The van der Waals surface area contributed by atoms with Crippen molar-refractivity contribution in [3.05, 3.63) is 23.0 Å². The van der Waals surface area contributed by atoms with Crippen LogP contribution < -0.4 is 0 Å². The van der Waals surface area contributed by atoms with E-state index in [1.807, 2.05) is 0 Å². The first-order chi connectivity index (χ1) is 7.97. The monoisotopic (exact) mass is 238 g/mol.